The van der Waals surface area contributed by atoms with Crippen LogP contribution in [0.4, 0.5) is 35.0 Å². The number of methoxy groups -OCH3 is 1. The van der Waals surface area contributed by atoms with E-state index in [4.69, 9.17) is 9.78 Å². The van der Waals surface area contributed by atoms with E-state index in [1.165, 1.54) is 18.2 Å². The average Bonchev–Trinajstić information content (AvgIpc) is 3.34. The maximum atomic E-state index is 14.2. The van der Waals surface area contributed by atoms with E-state index in [-0.39, 0.29) is 39.2 Å². The Bertz CT molecular complexity index is 1810. The zero-order chi connectivity index (χ0) is 30.8. The number of fused-ring (bicyclic) bond motifs is 1. The van der Waals surface area contributed by atoms with Gasteiger partial charge in [0.2, 0.25) is 5.91 Å². The second kappa shape index (κ2) is 11.3. The lowest BCUT2D eigenvalue weighted by Crippen LogP contribution is -2.16. The maximum absolute atomic E-state index is 14.2. The standard InChI is InChI=1S/C27H18F3N5O7/c1-12(36)32-14-4-5-15(19(8-14)27(28,29)30)16-9-18-22(10-21(16)34-26(40)41-2)42-35-23(18)24(37)33-20-6-3-13(11-31)7-17(20)25(38)39/h3-10H,1-2H3,(H,32,36)(H,33,37)(H,34,40)(H,38,39). The monoisotopic (exact) mass is 581 g/mol. The van der Waals surface area contributed by atoms with Crippen LogP contribution in [0, 0.1) is 11.3 Å². The number of aromatic nitrogens is 1. The molecule has 12 nitrogen and oxygen atoms in total. The molecule has 3 aromatic carbocycles. The van der Waals surface area contributed by atoms with Crippen LogP contribution in [0.5, 0.6) is 0 Å². The van der Waals surface area contributed by atoms with Crippen molar-refractivity contribution in [2.75, 3.05) is 23.1 Å². The van der Waals surface area contributed by atoms with E-state index in [0.29, 0.717) is 6.07 Å². The van der Waals surface area contributed by atoms with Gasteiger partial charge in [-0.3, -0.25) is 14.9 Å². The van der Waals surface area contributed by atoms with Crippen LogP contribution in [-0.4, -0.2) is 41.2 Å². The largest absolute Gasteiger partial charge is 0.478 e. The van der Waals surface area contributed by atoms with Gasteiger partial charge in [0.15, 0.2) is 11.3 Å². The first-order valence-electron chi connectivity index (χ1n) is 11.7. The lowest BCUT2D eigenvalue weighted by molar-refractivity contribution is -0.137. The molecule has 0 aliphatic rings. The number of benzene rings is 3. The van der Waals surface area contributed by atoms with E-state index in [1.807, 2.05) is 0 Å². The highest BCUT2D eigenvalue weighted by molar-refractivity contribution is 6.14. The Balaban J connectivity index is 1.88. The molecule has 0 unspecified atom stereocenters. The van der Waals surface area contributed by atoms with Crippen LogP contribution in [0.25, 0.3) is 22.1 Å². The number of anilines is 3. The van der Waals surface area contributed by atoms with Crippen LogP contribution in [-0.2, 0) is 15.7 Å². The van der Waals surface area contributed by atoms with Crippen molar-refractivity contribution in [3.63, 3.8) is 0 Å². The molecule has 0 radical (unpaired) electrons. The predicted molar refractivity (Wildman–Crippen MR) is 141 cm³/mol. The minimum absolute atomic E-state index is 0.0255. The summed E-state index contributed by atoms with van der Waals surface area (Å²) in [6, 6.07) is 10.6. The summed E-state index contributed by atoms with van der Waals surface area (Å²) in [5.41, 5.74) is -3.22. The van der Waals surface area contributed by atoms with Gasteiger partial charge in [-0.05, 0) is 42.0 Å². The SMILES string of the molecule is COC(=O)Nc1cc2onc(C(=O)Nc3ccc(C#N)cc3C(=O)O)c2cc1-c1ccc(NC(C)=O)cc1C(F)(F)F. The molecule has 214 valence electrons. The number of carboxylic acid groups (broad SMARTS) is 1. The van der Waals surface area contributed by atoms with Gasteiger partial charge in [-0.1, -0.05) is 11.2 Å². The fourth-order valence-corrected chi connectivity index (χ4v) is 4.01. The summed E-state index contributed by atoms with van der Waals surface area (Å²) in [6.07, 6.45) is -5.93. The number of nitrogens with zero attached hydrogens (tertiary/aromatic N) is 2. The van der Waals surface area contributed by atoms with Crippen LogP contribution in [0.15, 0.2) is 53.1 Å². The van der Waals surface area contributed by atoms with Crippen molar-refractivity contribution in [2.45, 2.75) is 13.1 Å². The Morgan fingerprint density at radius 2 is 1.71 bits per heavy atom. The quantitative estimate of drug-likeness (QED) is 0.229. The topological polar surface area (TPSA) is 184 Å². The molecule has 0 spiro atoms. The van der Waals surface area contributed by atoms with Gasteiger partial charge in [0, 0.05) is 24.2 Å². The molecule has 15 heteroatoms. The minimum atomic E-state index is -4.92. The Hall–Kier alpha value is -5.91. The molecule has 1 heterocycles. The number of amides is 3. The van der Waals surface area contributed by atoms with Gasteiger partial charge in [-0.2, -0.15) is 18.4 Å². The van der Waals surface area contributed by atoms with E-state index in [9.17, 15) is 37.5 Å². The summed E-state index contributed by atoms with van der Waals surface area (Å²) < 4.78 is 52.3. The molecule has 0 fully saturated rings. The Morgan fingerprint density at radius 3 is 2.33 bits per heavy atom. The van der Waals surface area contributed by atoms with Crippen molar-refractivity contribution >= 4 is 51.9 Å². The van der Waals surface area contributed by atoms with E-state index in [2.05, 4.69) is 25.8 Å². The molecule has 0 saturated heterocycles. The summed E-state index contributed by atoms with van der Waals surface area (Å²) in [5, 5.41) is 29.1. The number of alkyl halides is 3. The number of halogens is 3. The Labute approximate surface area is 233 Å². The number of nitriles is 1. The number of hydrogen-bond donors (Lipinski definition) is 4. The lowest BCUT2D eigenvalue weighted by atomic mass is 9.95. The number of carbonyl (C=O) groups excluding carboxylic acids is 3. The van der Waals surface area contributed by atoms with Gasteiger partial charge in [0.1, 0.15) is 0 Å². The molecule has 3 amide bonds. The van der Waals surface area contributed by atoms with Crippen molar-refractivity contribution in [3.8, 4) is 17.2 Å². The molecule has 0 saturated carbocycles. The second-order valence-corrected chi connectivity index (χ2v) is 8.61. The number of nitrogens with one attached hydrogen (secondary N) is 3. The third-order valence-electron chi connectivity index (χ3n) is 5.81. The Kier molecular flexibility index (Phi) is 7.82. The third kappa shape index (κ3) is 5.97. The van der Waals surface area contributed by atoms with Gasteiger partial charge in [0.05, 0.1) is 46.6 Å². The van der Waals surface area contributed by atoms with Crippen molar-refractivity contribution in [3.05, 3.63) is 70.9 Å². The zero-order valence-electron chi connectivity index (χ0n) is 21.5. The van der Waals surface area contributed by atoms with Gasteiger partial charge in [0.25, 0.3) is 5.91 Å². The molecule has 0 atom stereocenters. The fraction of sp³-hybridized carbons (Fsp3) is 0.111. The minimum Gasteiger partial charge on any atom is -0.478 e. The first-order chi connectivity index (χ1) is 19.8. The van der Waals surface area contributed by atoms with Crippen LogP contribution < -0.4 is 16.0 Å². The lowest BCUT2D eigenvalue weighted by Gasteiger charge is -2.18. The molecule has 0 bridgehead atoms. The average molecular weight is 581 g/mol. The molecule has 4 rings (SSSR count). The number of carbonyl (C=O) groups is 4. The summed E-state index contributed by atoms with van der Waals surface area (Å²) in [5.74, 6) is -3.01. The van der Waals surface area contributed by atoms with E-state index in [1.54, 1.807) is 6.07 Å². The summed E-state index contributed by atoms with van der Waals surface area (Å²) in [7, 11) is 1.04. The van der Waals surface area contributed by atoms with E-state index in [0.717, 1.165) is 38.3 Å². The molecule has 0 aliphatic carbocycles. The summed E-state index contributed by atoms with van der Waals surface area (Å²) in [4.78, 5) is 48.3. The van der Waals surface area contributed by atoms with E-state index >= 15 is 0 Å². The molecule has 42 heavy (non-hydrogen) atoms. The predicted octanol–water partition coefficient (Wildman–Crippen LogP) is 5.47. The number of carboxylic acids is 1. The van der Waals surface area contributed by atoms with Crippen molar-refractivity contribution in [1.82, 2.24) is 5.16 Å². The fourth-order valence-electron chi connectivity index (χ4n) is 4.01. The van der Waals surface area contributed by atoms with Crippen LogP contribution in [0.1, 0.15) is 38.9 Å². The molecule has 4 aromatic rings. The zero-order valence-corrected chi connectivity index (χ0v) is 21.5. The Morgan fingerprint density at radius 1 is 0.976 bits per heavy atom. The van der Waals surface area contributed by atoms with Gasteiger partial charge in [-0.25, -0.2) is 9.59 Å². The van der Waals surface area contributed by atoms with Gasteiger partial charge < -0.3 is 25.0 Å². The molecule has 4 N–H and O–H groups in total. The highest BCUT2D eigenvalue weighted by Gasteiger charge is 2.35. The summed E-state index contributed by atoms with van der Waals surface area (Å²) >= 11 is 0. The van der Waals surface area contributed by atoms with Crippen molar-refractivity contribution in [2.24, 2.45) is 0 Å². The number of aromatic carboxylic acids is 1. The first-order valence-corrected chi connectivity index (χ1v) is 11.7. The van der Waals surface area contributed by atoms with Gasteiger partial charge >= 0.3 is 18.2 Å². The van der Waals surface area contributed by atoms with Crippen LogP contribution >= 0.6 is 0 Å². The third-order valence-corrected chi connectivity index (χ3v) is 5.81. The van der Waals surface area contributed by atoms with E-state index < -0.39 is 52.4 Å². The van der Waals surface area contributed by atoms with Gasteiger partial charge in [-0.15, -0.1) is 0 Å². The maximum Gasteiger partial charge on any atom is 0.417 e. The van der Waals surface area contributed by atoms with Crippen molar-refractivity contribution < 1.29 is 46.7 Å². The normalized spacial score (nSPS) is 11.0. The smallest absolute Gasteiger partial charge is 0.417 e. The second-order valence-electron chi connectivity index (χ2n) is 8.61. The van der Waals surface area contributed by atoms with Crippen molar-refractivity contribution in [1.29, 1.82) is 5.26 Å². The number of rotatable bonds is 6. The summed E-state index contributed by atoms with van der Waals surface area (Å²) in [6.45, 7) is 1.13. The molecular weight excluding hydrogens is 563 g/mol. The highest BCUT2D eigenvalue weighted by atomic mass is 19.4. The molecule has 0 aliphatic heterocycles. The number of ether oxygens (including phenoxy) is 1. The highest BCUT2D eigenvalue weighted by Crippen LogP contribution is 2.43. The molecule has 1 aromatic heterocycles. The first kappa shape index (κ1) is 29.1. The van der Waals surface area contributed by atoms with Crippen LogP contribution in [0.3, 0.4) is 0 Å². The number of hydrogen-bond acceptors (Lipinski definition) is 8. The van der Waals surface area contributed by atoms with Crippen LogP contribution in [0.2, 0.25) is 0 Å². The molecular formula is C27H18F3N5O7.